The van der Waals surface area contributed by atoms with E-state index in [0.717, 1.165) is 11.3 Å². The molecule has 0 aromatic carbocycles. The average Bonchev–Trinajstić information content (AvgIpc) is 2.59. The Morgan fingerprint density at radius 3 is 3.00 bits per heavy atom. The molecule has 2 aromatic rings. The molecule has 0 amide bonds. The SMILES string of the molecule is CC(CC(=O)O)c1cn2cc(Cl)ccc2n1. The average molecular weight is 239 g/mol. The lowest BCUT2D eigenvalue weighted by Crippen LogP contribution is -2.02. The summed E-state index contributed by atoms with van der Waals surface area (Å²) in [6.07, 6.45) is 3.65. The lowest BCUT2D eigenvalue weighted by Gasteiger charge is -2.02. The van der Waals surface area contributed by atoms with E-state index in [9.17, 15) is 4.79 Å². The number of imidazole rings is 1. The molecule has 1 atom stereocenters. The first-order valence-corrected chi connectivity index (χ1v) is 5.30. The lowest BCUT2D eigenvalue weighted by molar-refractivity contribution is -0.137. The van der Waals surface area contributed by atoms with Crippen molar-refractivity contribution in [3.63, 3.8) is 0 Å². The summed E-state index contributed by atoms with van der Waals surface area (Å²) < 4.78 is 1.80. The Morgan fingerprint density at radius 1 is 1.56 bits per heavy atom. The number of carboxylic acid groups (broad SMARTS) is 1. The third-order valence-corrected chi connectivity index (χ3v) is 2.64. The van der Waals surface area contributed by atoms with Crippen LogP contribution in [0.15, 0.2) is 24.5 Å². The van der Waals surface area contributed by atoms with Crippen LogP contribution in [0.2, 0.25) is 5.02 Å². The molecule has 0 spiro atoms. The van der Waals surface area contributed by atoms with Crippen LogP contribution in [-0.4, -0.2) is 20.5 Å². The molecule has 2 rings (SSSR count). The molecular formula is C11H11ClN2O2. The molecule has 0 aliphatic rings. The number of carboxylic acids is 1. The van der Waals surface area contributed by atoms with Gasteiger partial charge in [0.2, 0.25) is 0 Å². The number of hydrogen-bond donors (Lipinski definition) is 1. The molecule has 5 heteroatoms. The predicted octanol–water partition coefficient (Wildman–Crippen LogP) is 2.57. The van der Waals surface area contributed by atoms with E-state index in [1.54, 1.807) is 22.7 Å². The maximum atomic E-state index is 10.6. The van der Waals surface area contributed by atoms with Crippen LogP contribution in [0.4, 0.5) is 0 Å². The van der Waals surface area contributed by atoms with Gasteiger partial charge in [-0.1, -0.05) is 18.5 Å². The number of rotatable bonds is 3. The van der Waals surface area contributed by atoms with E-state index in [0.29, 0.717) is 5.02 Å². The highest BCUT2D eigenvalue weighted by Gasteiger charge is 2.13. The minimum atomic E-state index is -0.817. The lowest BCUT2D eigenvalue weighted by atomic mass is 10.1. The first-order valence-electron chi connectivity index (χ1n) is 4.92. The summed E-state index contributed by atoms with van der Waals surface area (Å²) >= 11 is 5.85. The molecule has 1 N–H and O–H groups in total. The zero-order valence-corrected chi connectivity index (χ0v) is 9.48. The molecule has 1 unspecified atom stereocenters. The van der Waals surface area contributed by atoms with Gasteiger partial charge in [-0.25, -0.2) is 4.98 Å². The summed E-state index contributed by atoms with van der Waals surface area (Å²) in [6.45, 7) is 1.84. The van der Waals surface area contributed by atoms with Crippen molar-refractivity contribution >= 4 is 23.2 Å². The van der Waals surface area contributed by atoms with Crippen LogP contribution in [0.5, 0.6) is 0 Å². The third-order valence-electron chi connectivity index (χ3n) is 2.42. The number of hydrogen-bond acceptors (Lipinski definition) is 2. The zero-order valence-electron chi connectivity index (χ0n) is 8.72. The molecule has 0 radical (unpaired) electrons. The van der Waals surface area contributed by atoms with Crippen molar-refractivity contribution in [1.82, 2.24) is 9.38 Å². The van der Waals surface area contributed by atoms with Crippen molar-refractivity contribution in [2.24, 2.45) is 0 Å². The first-order chi connectivity index (χ1) is 7.56. The molecule has 0 aliphatic heterocycles. The van der Waals surface area contributed by atoms with E-state index in [2.05, 4.69) is 4.98 Å². The van der Waals surface area contributed by atoms with Crippen molar-refractivity contribution < 1.29 is 9.90 Å². The molecule has 0 saturated carbocycles. The van der Waals surface area contributed by atoms with Crippen molar-refractivity contribution in [1.29, 1.82) is 0 Å². The van der Waals surface area contributed by atoms with Crippen LogP contribution >= 0.6 is 11.6 Å². The highest BCUT2D eigenvalue weighted by Crippen LogP contribution is 2.20. The molecule has 2 heterocycles. The van der Waals surface area contributed by atoms with Crippen LogP contribution in [0.3, 0.4) is 0 Å². The zero-order chi connectivity index (χ0) is 11.7. The summed E-state index contributed by atoms with van der Waals surface area (Å²) in [5, 5.41) is 9.34. The Bertz CT molecular complexity index is 536. The summed E-state index contributed by atoms with van der Waals surface area (Å²) in [5.74, 6) is -0.918. The maximum absolute atomic E-state index is 10.6. The van der Waals surface area contributed by atoms with Crippen molar-refractivity contribution in [3.8, 4) is 0 Å². The molecule has 4 nitrogen and oxygen atoms in total. The Labute approximate surface area is 97.5 Å². The highest BCUT2D eigenvalue weighted by atomic mass is 35.5. The molecule has 0 fully saturated rings. The van der Waals surface area contributed by atoms with E-state index in [1.807, 2.05) is 13.1 Å². The van der Waals surface area contributed by atoms with Gasteiger partial charge >= 0.3 is 5.97 Å². The second kappa shape index (κ2) is 4.14. The fraction of sp³-hybridized carbons (Fsp3) is 0.273. The fourth-order valence-electron chi connectivity index (χ4n) is 1.59. The van der Waals surface area contributed by atoms with E-state index in [4.69, 9.17) is 16.7 Å². The van der Waals surface area contributed by atoms with Gasteiger partial charge in [-0.2, -0.15) is 0 Å². The fourth-order valence-corrected chi connectivity index (χ4v) is 1.76. The molecule has 2 aromatic heterocycles. The van der Waals surface area contributed by atoms with Gasteiger partial charge in [-0.15, -0.1) is 0 Å². The van der Waals surface area contributed by atoms with Crippen LogP contribution in [0.25, 0.3) is 5.65 Å². The molecule has 0 saturated heterocycles. The Morgan fingerprint density at radius 2 is 2.31 bits per heavy atom. The van der Waals surface area contributed by atoms with E-state index >= 15 is 0 Å². The Kier molecular flexibility index (Phi) is 2.83. The minimum absolute atomic E-state index is 0.0810. The van der Waals surface area contributed by atoms with Crippen LogP contribution in [-0.2, 0) is 4.79 Å². The van der Waals surface area contributed by atoms with Gasteiger partial charge in [0.25, 0.3) is 0 Å². The Hall–Kier alpha value is -1.55. The van der Waals surface area contributed by atoms with E-state index < -0.39 is 5.97 Å². The predicted molar refractivity (Wildman–Crippen MR) is 60.9 cm³/mol. The molecule has 0 aliphatic carbocycles. The van der Waals surface area contributed by atoms with Gasteiger partial charge < -0.3 is 9.51 Å². The monoisotopic (exact) mass is 238 g/mol. The maximum Gasteiger partial charge on any atom is 0.304 e. The number of aromatic nitrogens is 2. The topological polar surface area (TPSA) is 54.6 Å². The highest BCUT2D eigenvalue weighted by molar-refractivity contribution is 6.30. The number of carbonyl (C=O) groups is 1. The minimum Gasteiger partial charge on any atom is -0.481 e. The van der Waals surface area contributed by atoms with E-state index in [-0.39, 0.29) is 12.3 Å². The van der Waals surface area contributed by atoms with Crippen molar-refractivity contribution in [2.45, 2.75) is 19.3 Å². The van der Waals surface area contributed by atoms with Gasteiger partial charge in [0.1, 0.15) is 5.65 Å². The van der Waals surface area contributed by atoms with Crippen LogP contribution in [0.1, 0.15) is 25.0 Å². The van der Waals surface area contributed by atoms with Gasteiger partial charge in [0.15, 0.2) is 0 Å². The number of fused-ring (bicyclic) bond motifs is 1. The summed E-state index contributed by atoms with van der Waals surface area (Å²) in [4.78, 5) is 14.9. The first kappa shape index (κ1) is 11.0. The number of aliphatic carboxylic acids is 1. The molecule has 16 heavy (non-hydrogen) atoms. The normalized spacial score (nSPS) is 12.9. The molecular weight excluding hydrogens is 228 g/mol. The Balaban J connectivity index is 2.35. The molecule has 84 valence electrons. The summed E-state index contributed by atoms with van der Waals surface area (Å²) in [7, 11) is 0. The third kappa shape index (κ3) is 2.17. The molecule has 0 bridgehead atoms. The number of halogens is 1. The second-order valence-electron chi connectivity index (χ2n) is 3.78. The van der Waals surface area contributed by atoms with Crippen LogP contribution < -0.4 is 0 Å². The largest absolute Gasteiger partial charge is 0.481 e. The summed E-state index contributed by atoms with van der Waals surface area (Å²) in [5.41, 5.74) is 1.54. The van der Waals surface area contributed by atoms with Crippen molar-refractivity contribution in [2.75, 3.05) is 0 Å². The van der Waals surface area contributed by atoms with Crippen LogP contribution in [0, 0.1) is 0 Å². The summed E-state index contributed by atoms with van der Waals surface area (Å²) in [6, 6.07) is 3.56. The van der Waals surface area contributed by atoms with Gasteiger partial charge in [0, 0.05) is 18.3 Å². The standard InChI is InChI=1S/C11H11ClN2O2/c1-7(4-11(15)16)9-6-14-5-8(12)2-3-10(14)13-9/h2-3,5-7H,4H2,1H3,(H,15,16). The quantitative estimate of drug-likeness (QED) is 0.894. The number of pyridine rings is 1. The smallest absolute Gasteiger partial charge is 0.304 e. The second-order valence-corrected chi connectivity index (χ2v) is 4.21. The van der Waals surface area contributed by atoms with Gasteiger partial charge in [0.05, 0.1) is 17.1 Å². The number of nitrogens with zero attached hydrogens (tertiary/aromatic N) is 2. The van der Waals surface area contributed by atoms with Gasteiger partial charge in [-0.3, -0.25) is 4.79 Å². The van der Waals surface area contributed by atoms with E-state index in [1.165, 1.54) is 0 Å². The van der Waals surface area contributed by atoms with Crippen molar-refractivity contribution in [3.05, 3.63) is 35.2 Å². The van der Waals surface area contributed by atoms with Gasteiger partial charge in [-0.05, 0) is 12.1 Å².